The second-order valence-electron chi connectivity index (χ2n) is 5.81. The van der Waals surface area contributed by atoms with E-state index in [0.717, 1.165) is 12.0 Å². The Morgan fingerprint density at radius 3 is 2.31 bits per heavy atom. The van der Waals surface area contributed by atoms with Crippen molar-refractivity contribution < 1.29 is 23.4 Å². The minimum atomic E-state index is -0.341. The number of benzene rings is 2. The third-order valence-electron chi connectivity index (χ3n) is 4.19. The molecule has 2 rings (SSSR count). The molecule has 0 saturated carbocycles. The number of rotatable bonds is 8. The molecule has 5 heteroatoms. The number of hydrogen-bond donors (Lipinski definition) is 0. The van der Waals surface area contributed by atoms with Gasteiger partial charge in [0.15, 0.2) is 0 Å². The first-order valence-electron chi connectivity index (χ1n) is 8.84. The average Bonchev–Trinajstić information content (AvgIpc) is 2.66. The summed E-state index contributed by atoms with van der Waals surface area (Å²) >= 11 is 0. The Kier molecular flexibility index (Phi) is 7.01. The van der Waals surface area contributed by atoms with E-state index in [2.05, 4.69) is 0 Å². The van der Waals surface area contributed by atoms with E-state index in [4.69, 9.17) is 14.2 Å². The Bertz CT molecular complexity index is 771. The highest BCUT2D eigenvalue weighted by Crippen LogP contribution is 2.31. The van der Waals surface area contributed by atoms with Gasteiger partial charge in [0, 0.05) is 12.5 Å². The van der Waals surface area contributed by atoms with Crippen LogP contribution in [0.2, 0.25) is 0 Å². The molecule has 2 aromatic carbocycles. The summed E-state index contributed by atoms with van der Waals surface area (Å²) in [5.74, 6) is 0.806. The lowest BCUT2D eigenvalue weighted by atomic mass is 10.0. The molecule has 0 aliphatic rings. The summed E-state index contributed by atoms with van der Waals surface area (Å²) in [4.78, 5) is 11.7. The third kappa shape index (κ3) is 4.54. The first-order valence-corrected chi connectivity index (χ1v) is 8.84. The second-order valence-corrected chi connectivity index (χ2v) is 5.81. The minimum Gasteiger partial charge on any atom is -0.496 e. The lowest BCUT2D eigenvalue weighted by Crippen LogP contribution is -2.10. The van der Waals surface area contributed by atoms with Gasteiger partial charge in [-0.3, -0.25) is 4.79 Å². The predicted molar refractivity (Wildman–Crippen MR) is 98.4 cm³/mol. The van der Waals surface area contributed by atoms with Crippen LogP contribution in [0.4, 0.5) is 4.39 Å². The molecule has 26 heavy (non-hydrogen) atoms. The highest BCUT2D eigenvalue weighted by atomic mass is 19.1. The van der Waals surface area contributed by atoms with Crippen LogP contribution in [0.15, 0.2) is 30.3 Å². The predicted octanol–water partition coefficient (Wildman–Crippen LogP) is 4.85. The Hall–Kier alpha value is -2.56. The fourth-order valence-electron chi connectivity index (χ4n) is 2.65. The van der Waals surface area contributed by atoms with Crippen molar-refractivity contribution in [3.05, 3.63) is 52.8 Å². The van der Waals surface area contributed by atoms with Gasteiger partial charge in [0.05, 0.1) is 12.7 Å². The number of carbonyl (C=O) groups excluding carboxylic acids is 1. The summed E-state index contributed by atoms with van der Waals surface area (Å²) in [7, 11) is 1.54. The van der Waals surface area contributed by atoms with Gasteiger partial charge in [0.1, 0.15) is 29.7 Å². The van der Waals surface area contributed by atoms with Crippen LogP contribution < -0.4 is 14.2 Å². The first-order chi connectivity index (χ1) is 12.5. The molecule has 2 aromatic rings. The number of ether oxygens (including phenoxy) is 3. The van der Waals surface area contributed by atoms with Crippen LogP contribution in [0.25, 0.3) is 0 Å². The lowest BCUT2D eigenvalue weighted by molar-refractivity contribution is -0.134. The summed E-state index contributed by atoms with van der Waals surface area (Å²) in [6.07, 6.45) is 1.62. The quantitative estimate of drug-likeness (QED) is 0.498. The zero-order chi connectivity index (χ0) is 19.1. The summed E-state index contributed by atoms with van der Waals surface area (Å²) in [5, 5.41) is 0. The van der Waals surface area contributed by atoms with E-state index in [1.807, 2.05) is 19.9 Å². The Morgan fingerprint density at radius 1 is 1.00 bits per heavy atom. The Morgan fingerprint density at radius 2 is 1.69 bits per heavy atom. The van der Waals surface area contributed by atoms with Crippen molar-refractivity contribution in [1.82, 2.24) is 0 Å². The van der Waals surface area contributed by atoms with Gasteiger partial charge >= 0.3 is 5.97 Å². The van der Waals surface area contributed by atoms with Crippen LogP contribution in [-0.4, -0.2) is 13.1 Å². The maximum atomic E-state index is 14.2. The number of halogens is 1. The van der Waals surface area contributed by atoms with Gasteiger partial charge in [-0.15, -0.1) is 0 Å². The normalized spacial score (nSPS) is 10.5. The molecule has 0 heterocycles. The number of aryl methyl sites for hydroxylation is 2. The summed E-state index contributed by atoms with van der Waals surface area (Å²) in [5.41, 5.74) is 2.22. The molecular weight excluding hydrogens is 335 g/mol. The molecular formula is C21H25FO4. The highest BCUT2D eigenvalue weighted by molar-refractivity contribution is 5.72. The average molecular weight is 360 g/mol. The van der Waals surface area contributed by atoms with E-state index in [0.29, 0.717) is 34.8 Å². The zero-order valence-electron chi connectivity index (χ0n) is 15.7. The Labute approximate surface area is 153 Å². The molecule has 0 bridgehead atoms. The topological polar surface area (TPSA) is 44.8 Å². The van der Waals surface area contributed by atoms with Crippen LogP contribution in [0.5, 0.6) is 17.2 Å². The minimum absolute atomic E-state index is 0.105. The summed E-state index contributed by atoms with van der Waals surface area (Å²) in [6.45, 7) is 5.75. The van der Waals surface area contributed by atoms with Crippen molar-refractivity contribution in [2.24, 2.45) is 0 Å². The summed E-state index contributed by atoms with van der Waals surface area (Å²) in [6, 6.07) is 8.46. The van der Waals surface area contributed by atoms with Crippen LogP contribution in [0.1, 0.15) is 43.9 Å². The van der Waals surface area contributed by atoms with Crippen LogP contribution in [0.3, 0.4) is 0 Å². The van der Waals surface area contributed by atoms with Gasteiger partial charge in [-0.05, 0) is 42.2 Å². The molecule has 0 aliphatic carbocycles. The molecule has 0 aliphatic heterocycles. The van der Waals surface area contributed by atoms with E-state index in [1.54, 1.807) is 25.1 Å². The van der Waals surface area contributed by atoms with Gasteiger partial charge in [-0.1, -0.05) is 26.8 Å². The maximum absolute atomic E-state index is 14.2. The van der Waals surface area contributed by atoms with Crippen LogP contribution in [0, 0.1) is 5.82 Å². The number of methoxy groups -OCH3 is 1. The number of hydrogen-bond acceptors (Lipinski definition) is 4. The maximum Gasteiger partial charge on any atom is 0.310 e. The molecule has 0 N–H and O–H groups in total. The first kappa shape index (κ1) is 19.8. The molecule has 0 spiro atoms. The standard InChI is InChI=1S/C21H25FO4/c1-5-14-11-15(6-2)20(12-17(14)22)25-13-16-18(24-4)9-8-10-19(16)26-21(23)7-3/h8-12H,5-7,13H2,1-4H3. The van der Waals surface area contributed by atoms with Crippen molar-refractivity contribution in [3.8, 4) is 17.2 Å². The van der Waals surface area contributed by atoms with Crippen molar-refractivity contribution in [1.29, 1.82) is 0 Å². The Balaban J connectivity index is 2.31. The van der Waals surface area contributed by atoms with Crippen molar-refractivity contribution >= 4 is 5.97 Å². The second kappa shape index (κ2) is 9.22. The molecule has 0 radical (unpaired) electrons. The van der Waals surface area contributed by atoms with Gasteiger partial charge in [-0.2, -0.15) is 0 Å². The molecule has 0 fully saturated rings. The smallest absolute Gasteiger partial charge is 0.310 e. The number of carbonyl (C=O) groups is 1. The molecule has 0 unspecified atom stereocenters. The van der Waals surface area contributed by atoms with Crippen molar-refractivity contribution in [3.63, 3.8) is 0 Å². The van der Waals surface area contributed by atoms with E-state index in [1.165, 1.54) is 13.2 Å². The van der Waals surface area contributed by atoms with Crippen molar-refractivity contribution in [2.75, 3.05) is 7.11 Å². The fourth-order valence-corrected chi connectivity index (χ4v) is 2.65. The van der Waals surface area contributed by atoms with Crippen LogP contribution >= 0.6 is 0 Å². The van der Waals surface area contributed by atoms with E-state index in [9.17, 15) is 9.18 Å². The third-order valence-corrected chi connectivity index (χ3v) is 4.19. The molecule has 0 atom stereocenters. The molecule has 4 nitrogen and oxygen atoms in total. The molecule has 140 valence electrons. The fraction of sp³-hybridized carbons (Fsp3) is 0.381. The largest absolute Gasteiger partial charge is 0.496 e. The summed E-state index contributed by atoms with van der Waals surface area (Å²) < 4.78 is 30.8. The number of esters is 1. The van der Waals surface area contributed by atoms with Crippen molar-refractivity contribution in [2.45, 2.75) is 46.6 Å². The van der Waals surface area contributed by atoms with E-state index in [-0.39, 0.29) is 24.8 Å². The molecule has 0 aromatic heterocycles. The van der Waals surface area contributed by atoms with Gasteiger partial charge < -0.3 is 14.2 Å². The van der Waals surface area contributed by atoms with E-state index < -0.39 is 0 Å². The van der Waals surface area contributed by atoms with Crippen LogP contribution in [-0.2, 0) is 24.2 Å². The lowest BCUT2D eigenvalue weighted by Gasteiger charge is -2.16. The highest BCUT2D eigenvalue weighted by Gasteiger charge is 2.16. The van der Waals surface area contributed by atoms with E-state index >= 15 is 0 Å². The SMILES string of the molecule is CCC(=O)Oc1cccc(OC)c1COc1cc(F)c(CC)cc1CC. The molecule has 0 saturated heterocycles. The van der Waals surface area contributed by atoms with Gasteiger partial charge in [0.2, 0.25) is 0 Å². The monoisotopic (exact) mass is 360 g/mol. The van der Waals surface area contributed by atoms with Gasteiger partial charge in [-0.25, -0.2) is 4.39 Å². The zero-order valence-corrected chi connectivity index (χ0v) is 15.7. The van der Waals surface area contributed by atoms with Gasteiger partial charge in [0.25, 0.3) is 0 Å². The molecule has 0 amide bonds.